The maximum Gasteiger partial charge on any atom is 0.248 e. The number of amides is 10. The Hall–Kier alpha value is -6.94. The van der Waals surface area contributed by atoms with Gasteiger partial charge in [0.05, 0.1) is 31.3 Å². The minimum atomic E-state index is -1.55. The minimum Gasteiger partial charge on any atom is -0.391 e. The molecule has 2 aromatic rings. The summed E-state index contributed by atoms with van der Waals surface area (Å²) in [6.07, 6.45) is 0.132. The lowest BCUT2D eigenvalue weighted by Gasteiger charge is -2.39. The molecule has 0 bridgehead atoms. The normalized spacial score (nSPS) is 24.8. The highest BCUT2D eigenvalue weighted by Crippen LogP contribution is 2.22. The monoisotopic (exact) mass is 1100 g/mol. The number of rotatable bonds is 10. The molecule has 79 heavy (non-hydrogen) atoms. The molecule has 2 heterocycles. The molecule has 2 fully saturated rings. The number of aliphatic hydroxyl groups is 1. The Labute approximate surface area is 465 Å². The smallest absolute Gasteiger partial charge is 0.248 e. The van der Waals surface area contributed by atoms with Crippen LogP contribution in [-0.4, -0.2) is 216 Å². The molecule has 10 amide bonds. The van der Waals surface area contributed by atoms with Gasteiger partial charge in [-0.1, -0.05) is 74.5 Å². The first-order valence-electron chi connectivity index (χ1n) is 27.3. The molecule has 5 N–H and O–H groups in total. The molecule has 22 heteroatoms. The number of ether oxygens (including phenoxy) is 1. The highest BCUT2D eigenvalue weighted by Gasteiger charge is 2.42. The van der Waals surface area contributed by atoms with Gasteiger partial charge in [-0.05, 0) is 77.3 Å². The van der Waals surface area contributed by atoms with Gasteiger partial charge in [0.1, 0.15) is 42.3 Å². The van der Waals surface area contributed by atoms with Crippen molar-refractivity contribution < 1.29 is 57.8 Å². The number of piperidine rings is 1. The van der Waals surface area contributed by atoms with Gasteiger partial charge in [0, 0.05) is 74.1 Å². The zero-order chi connectivity index (χ0) is 58.9. The Morgan fingerprint density at radius 3 is 1.72 bits per heavy atom. The van der Waals surface area contributed by atoms with Crippen molar-refractivity contribution in [1.82, 2.24) is 50.7 Å². The molecule has 8 atom stereocenters. The fourth-order valence-corrected chi connectivity index (χ4v) is 9.33. The van der Waals surface area contributed by atoms with E-state index in [1.807, 2.05) is 13.8 Å². The van der Waals surface area contributed by atoms with Gasteiger partial charge in [-0.15, -0.1) is 0 Å². The second-order valence-electron chi connectivity index (χ2n) is 22.3. The molecule has 0 radical (unpaired) electrons. The third kappa shape index (κ3) is 19.1. The van der Waals surface area contributed by atoms with Crippen LogP contribution in [-0.2, 0) is 65.5 Å². The molecule has 0 saturated carbocycles. The van der Waals surface area contributed by atoms with Crippen molar-refractivity contribution >= 4 is 59.1 Å². The summed E-state index contributed by atoms with van der Waals surface area (Å²) in [5.74, 6) is -7.17. The number of likely N-dealkylation sites (tertiary alicyclic amines) is 1. The summed E-state index contributed by atoms with van der Waals surface area (Å²) in [4.78, 5) is 151. The molecule has 2 aromatic carbocycles. The van der Waals surface area contributed by atoms with Gasteiger partial charge >= 0.3 is 0 Å². The predicted molar refractivity (Wildman–Crippen MR) is 295 cm³/mol. The average Bonchev–Trinajstić information content (AvgIpc) is 3.43. The Morgan fingerprint density at radius 1 is 0.646 bits per heavy atom. The van der Waals surface area contributed by atoms with Crippen LogP contribution in [0.4, 0.5) is 0 Å². The number of benzene rings is 2. The minimum absolute atomic E-state index is 0.00259. The highest BCUT2D eigenvalue weighted by molar-refractivity contribution is 5.98. The van der Waals surface area contributed by atoms with Crippen molar-refractivity contribution in [2.45, 2.75) is 154 Å². The van der Waals surface area contributed by atoms with Crippen LogP contribution in [0, 0.1) is 5.92 Å². The van der Waals surface area contributed by atoms with Gasteiger partial charge in [-0.2, -0.15) is 0 Å². The third-order valence-electron chi connectivity index (χ3n) is 14.4. The lowest BCUT2D eigenvalue weighted by molar-refractivity contribution is -0.153. The summed E-state index contributed by atoms with van der Waals surface area (Å²) >= 11 is 0. The van der Waals surface area contributed by atoms with Crippen molar-refractivity contribution in [3.05, 3.63) is 71.8 Å². The molecule has 2 aliphatic rings. The number of hydrogen-bond acceptors (Lipinski definition) is 12. The van der Waals surface area contributed by atoms with Gasteiger partial charge in [-0.3, -0.25) is 47.9 Å². The summed E-state index contributed by atoms with van der Waals surface area (Å²) < 4.78 is 6.07. The molecular weight excluding hydrogens is 1020 g/mol. The summed E-state index contributed by atoms with van der Waals surface area (Å²) in [5.41, 5.74) is 0.539. The van der Waals surface area contributed by atoms with Crippen molar-refractivity contribution in [2.75, 3.05) is 68.0 Å². The largest absolute Gasteiger partial charge is 0.391 e. The Morgan fingerprint density at radius 2 is 1.18 bits per heavy atom. The number of aliphatic hydroxyl groups excluding tert-OH is 1. The van der Waals surface area contributed by atoms with E-state index in [1.165, 1.54) is 68.7 Å². The van der Waals surface area contributed by atoms with Crippen molar-refractivity contribution in [3.8, 4) is 0 Å². The van der Waals surface area contributed by atoms with Crippen molar-refractivity contribution in [2.24, 2.45) is 5.92 Å². The fraction of sp³-hybridized carbons (Fsp3) is 0.614. The highest BCUT2D eigenvalue weighted by atomic mass is 16.5. The van der Waals surface area contributed by atoms with Crippen molar-refractivity contribution in [3.63, 3.8) is 0 Å². The molecule has 0 spiro atoms. The maximum absolute atomic E-state index is 15.3. The van der Waals surface area contributed by atoms with E-state index in [2.05, 4.69) is 21.3 Å². The van der Waals surface area contributed by atoms with E-state index in [1.54, 1.807) is 86.3 Å². The molecule has 2 saturated heterocycles. The number of carbonyl (C=O) groups excluding carboxylic acids is 10. The van der Waals surface area contributed by atoms with E-state index in [9.17, 15) is 43.5 Å². The van der Waals surface area contributed by atoms with Gasteiger partial charge < -0.3 is 60.5 Å². The van der Waals surface area contributed by atoms with Crippen molar-refractivity contribution in [1.29, 1.82) is 0 Å². The average molecular weight is 1100 g/mol. The second-order valence-corrected chi connectivity index (χ2v) is 22.3. The van der Waals surface area contributed by atoms with Gasteiger partial charge in [0.2, 0.25) is 59.1 Å². The summed E-state index contributed by atoms with van der Waals surface area (Å²) in [7, 11) is 7.01. The number of nitrogens with one attached hydrogen (secondary N) is 4. The number of carbonyl (C=O) groups is 10. The van der Waals surface area contributed by atoms with Crippen LogP contribution in [0.1, 0.15) is 98.1 Å². The molecule has 2 aliphatic heterocycles. The molecular formula is C57H86N10O12. The number of nitrogens with zero attached hydrogens (tertiary/aromatic N) is 6. The van der Waals surface area contributed by atoms with E-state index in [0.29, 0.717) is 24.2 Å². The van der Waals surface area contributed by atoms with Crippen LogP contribution in [0.5, 0.6) is 0 Å². The van der Waals surface area contributed by atoms with E-state index >= 15 is 9.59 Å². The zero-order valence-electron chi connectivity index (χ0n) is 48.3. The summed E-state index contributed by atoms with van der Waals surface area (Å²) in [6.45, 7) is 11.3. The fourth-order valence-electron chi connectivity index (χ4n) is 9.33. The van der Waals surface area contributed by atoms with Crippen LogP contribution < -0.4 is 21.3 Å². The molecule has 436 valence electrons. The van der Waals surface area contributed by atoms with Crippen LogP contribution in [0.2, 0.25) is 0 Å². The maximum atomic E-state index is 15.3. The van der Waals surface area contributed by atoms with Gasteiger partial charge in [0.15, 0.2) is 0 Å². The number of likely N-dealkylation sites (N-methyl/N-ethyl adjacent to an activating group) is 4. The Bertz CT molecular complexity index is 2430. The van der Waals surface area contributed by atoms with Crippen LogP contribution in [0.3, 0.4) is 0 Å². The predicted octanol–water partition coefficient (Wildman–Crippen LogP) is 0.877. The first kappa shape index (κ1) is 64.6. The van der Waals surface area contributed by atoms with E-state index in [-0.39, 0.29) is 44.8 Å². The Balaban J connectivity index is 1.84. The van der Waals surface area contributed by atoms with Gasteiger partial charge in [0.25, 0.3) is 0 Å². The lowest BCUT2D eigenvalue weighted by atomic mass is 9.97. The third-order valence-corrected chi connectivity index (χ3v) is 14.4. The van der Waals surface area contributed by atoms with E-state index in [0.717, 1.165) is 24.2 Å². The Kier molecular flexibility index (Phi) is 24.4. The van der Waals surface area contributed by atoms with E-state index < -0.39 is 126 Å². The van der Waals surface area contributed by atoms with Crippen LogP contribution in [0.15, 0.2) is 60.7 Å². The summed E-state index contributed by atoms with van der Waals surface area (Å²) in [5, 5.41) is 21.3. The second kappa shape index (κ2) is 29.9. The standard InChI is InChI=1S/C57H86N10O12/c1-36(2)30-44-54(76)64(10)43(31-39-22-16-13-17-23-39)51(73)58-34-47(70)59-41(53(75)67-27-20-15-21-28-67)33-48(71)62(8)29-26-46(69)61-49(38(4)68)56(78)63(9)37(3)50(72)60-42(35-79-57(5,6)7)52(74)65(11)45(55(77)66(44)12)32-40-24-18-14-19-25-40/h13-14,16-19,22-25,36-38,41-45,49,68H,15,20-21,26-35H2,1-12H3,(H,58,73)(H,59,70)(H,60,72)(H,61,69)/t37-,38+,41-,42-,43-,44-,45-,49-/m0/s1. The quantitative estimate of drug-likeness (QED) is 0.222. The molecule has 0 aliphatic carbocycles. The SMILES string of the molecule is CC(C)C[C@H]1C(=O)N(C)[C@@H](Cc2ccccc2)C(=O)NCC(=O)N[C@H](C(=O)N2CCCCC2)CC(=O)N(C)CCC(=O)N[C@@H]([C@@H](C)O)C(=O)N(C)[C@@H](C)C(=O)N[C@@H](COC(C)(C)C)C(=O)N(C)[C@@H](Cc2ccccc2)C(=O)N1C. The van der Waals surface area contributed by atoms with Gasteiger partial charge in [-0.25, -0.2) is 0 Å². The first-order chi connectivity index (χ1) is 37.1. The summed E-state index contributed by atoms with van der Waals surface area (Å²) in [6, 6.07) is 8.49. The topological polar surface area (TPSA) is 268 Å². The molecule has 0 aromatic heterocycles. The van der Waals surface area contributed by atoms with Crippen LogP contribution in [0.25, 0.3) is 0 Å². The molecule has 22 nitrogen and oxygen atoms in total. The van der Waals surface area contributed by atoms with Crippen LogP contribution >= 0.6 is 0 Å². The molecule has 0 unspecified atom stereocenters. The lowest BCUT2D eigenvalue weighted by Crippen LogP contribution is -2.62. The first-order valence-corrected chi connectivity index (χ1v) is 27.3. The zero-order valence-corrected chi connectivity index (χ0v) is 48.3. The molecule has 4 rings (SSSR count). The number of hydrogen-bond donors (Lipinski definition) is 5. The van der Waals surface area contributed by atoms with E-state index in [4.69, 9.17) is 4.74 Å².